The Morgan fingerprint density at radius 3 is 2.96 bits per heavy atom. The lowest BCUT2D eigenvalue weighted by Gasteiger charge is -2.41. The number of hydrogen-bond acceptors (Lipinski definition) is 4. The fourth-order valence-electron chi connectivity index (χ4n) is 4.59. The van der Waals surface area contributed by atoms with Gasteiger partial charge in [-0.2, -0.15) is 0 Å². The number of carbonyl (C=O) groups excluding carboxylic acids is 1. The van der Waals surface area contributed by atoms with Gasteiger partial charge in [0.1, 0.15) is 5.03 Å². The van der Waals surface area contributed by atoms with E-state index >= 15 is 0 Å². The summed E-state index contributed by atoms with van der Waals surface area (Å²) in [5, 5.41) is 7.91. The Hall–Kier alpha value is -1.85. The Morgan fingerprint density at radius 1 is 1.31 bits per heavy atom. The van der Waals surface area contributed by atoms with Crippen molar-refractivity contribution >= 4 is 17.7 Å². The highest BCUT2D eigenvalue weighted by atomic mass is 32.2. The molecule has 3 unspecified atom stereocenters. The molecule has 1 aromatic carbocycles. The molecule has 1 aliphatic heterocycles. The second-order valence-corrected chi connectivity index (χ2v) is 8.17. The van der Waals surface area contributed by atoms with Crippen molar-refractivity contribution in [2.75, 3.05) is 12.8 Å². The molecule has 1 aromatic heterocycles. The van der Waals surface area contributed by atoms with Gasteiger partial charge in [-0.05, 0) is 55.7 Å². The molecule has 5 heteroatoms. The quantitative estimate of drug-likeness (QED) is 0.789. The maximum Gasteiger partial charge on any atom is 0.254 e. The van der Waals surface area contributed by atoms with E-state index in [0.717, 1.165) is 30.3 Å². The van der Waals surface area contributed by atoms with Crippen LogP contribution in [0, 0.1) is 5.92 Å². The number of pyridine rings is 1. The van der Waals surface area contributed by atoms with Crippen molar-refractivity contribution in [2.45, 2.75) is 42.3 Å². The Labute approximate surface area is 159 Å². The standard InChI is InChI=1S/C21H25N3OS/c1-26-20-17(10-6-12-22-20)19(25)24-18(16-8-3-2-4-9-16)21-11-5-7-15(13-21)14-23-21/h2-4,6,8-10,12,15,18,23H,5,7,11,13-14H2,1H3,(H,24,25). The molecule has 2 fully saturated rings. The number of fused-ring (bicyclic) bond motifs is 2. The van der Waals surface area contributed by atoms with Crippen LogP contribution in [0.15, 0.2) is 53.7 Å². The molecule has 2 N–H and O–H groups in total. The molecule has 2 bridgehead atoms. The normalized spacial score (nSPS) is 25.7. The first-order valence-electron chi connectivity index (χ1n) is 9.32. The molecule has 26 heavy (non-hydrogen) atoms. The first kappa shape index (κ1) is 17.6. The predicted molar refractivity (Wildman–Crippen MR) is 105 cm³/mol. The number of nitrogens with zero attached hydrogens (tertiary/aromatic N) is 1. The Balaban J connectivity index is 1.67. The number of hydrogen-bond donors (Lipinski definition) is 2. The van der Waals surface area contributed by atoms with E-state index in [1.54, 1.807) is 6.20 Å². The van der Waals surface area contributed by atoms with Gasteiger partial charge in [0, 0.05) is 11.7 Å². The number of thioether (sulfide) groups is 1. The van der Waals surface area contributed by atoms with Crippen LogP contribution in [-0.4, -0.2) is 29.2 Å². The molecule has 4 rings (SSSR count). The zero-order valence-corrected chi connectivity index (χ0v) is 15.9. The van der Waals surface area contributed by atoms with Gasteiger partial charge in [-0.3, -0.25) is 4.79 Å². The van der Waals surface area contributed by atoms with Crippen LogP contribution in [0.1, 0.15) is 47.6 Å². The third-order valence-electron chi connectivity index (χ3n) is 5.80. The fourth-order valence-corrected chi connectivity index (χ4v) is 5.14. The Morgan fingerprint density at radius 2 is 2.15 bits per heavy atom. The topological polar surface area (TPSA) is 54.0 Å². The van der Waals surface area contributed by atoms with E-state index in [-0.39, 0.29) is 17.5 Å². The maximum absolute atomic E-state index is 13.1. The van der Waals surface area contributed by atoms with Gasteiger partial charge >= 0.3 is 0 Å². The molecule has 0 spiro atoms. The first-order valence-corrected chi connectivity index (χ1v) is 10.5. The highest BCUT2D eigenvalue weighted by Gasteiger charge is 2.48. The average Bonchev–Trinajstić information content (AvgIpc) is 3.00. The highest BCUT2D eigenvalue weighted by molar-refractivity contribution is 7.98. The van der Waals surface area contributed by atoms with E-state index in [1.165, 1.54) is 30.2 Å². The van der Waals surface area contributed by atoms with Crippen LogP contribution in [0.5, 0.6) is 0 Å². The van der Waals surface area contributed by atoms with Crippen molar-refractivity contribution in [1.82, 2.24) is 15.6 Å². The molecule has 3 atom stereocenters. The van der Waals surface area contributed by atoms with Crippen molar-refractivity contribution in [3.63, 3.8) is 0 Å². The van der Waals surface area contributed by atoms with Crippen molar-refractivity contribution in [2.24, 2.45) is 5.92 Å². The van der Waals surface area contributed by atoms with Crippen LogP contribution < -0.4 is 10.6 Å². The van der Waals surface area contributed by atoms with Gasteiger partial charge in [-0.25, -0.2) is 4.98 Å². The van der Waals surface area contributed by atoms with Crippen LogP contribution in [-0.2, 0) is 0 Å². The molecule has 1 aliphatic carbocycles. The van der Waals surface area contributed by atoms with Crippen molar-refractivity contribution < 1.29 is 4.79 Å². The summed E-state index contributed by atoms with van der Waals surface area (Å²) in [6.07, 6.45) is 8.45. The number of carbonyl (C=O) groups is 1. The average molecular weight is 368 g/mol. The lowest BCUT2D eigenvalue weighted by atomic mass is 9.73. The van der Waals surface area contributed by atoms with Crippen LogP contribution in [0.25, 0.3) is 0 Å². The van der Waals surface area contributed by atoms with Gasteiger partial charge in [-0.1, -0.05) is 36.8 Å². The highest BCUT2D eigenvalue weighted by Crippen LogP contribution is 2.45. The van der Waals surface area contributed by atoms with E-state index in [0.29, 0.717) is 5.56 Å². The number of nitrogens with one attached hydrogen (secondary N) is 2. The minimum atomic E-state index is -0.0403. The third-order valence-corrected chi connectivity index (χ3v) is 6.51. The number of benzene rings is 1. The zero-order valence-electron chi connectivity index (χ0n) is 15.1. The summed E-state index contributed by atoms with van der Waals surface area (Å²) in [6, 6.07) is 14.0. The van der Waals surface area contributed by atoms with Crippen LogP contribution in [0.2, 0.25) is 0 Å². The summed E-state index contributed by atoms with van der Waals surface area (Å²) in [5.41, 5.74) is 1.79. The SMILES string of the molecule is CSc1ncccc1C(=O)NC(c1ccccc1)C12CCCC(CN1)C2. The van der Waals surface area contributed by atoms with Crippen molar-refractivity contribution in [3.05, 3.63) is 59.8 Å². The zero-order chi connectivity index (χ0) is 18.0. The number of aromatic nitrogens is 1. The van der Waals surface area contributed by atoms with E-state index in [4.69, 9.17) is 0 Å². The van der Waals surface area contributed by atoms with Crippen LogP contribution in [0.3, 0.4) is 0 Å². The lowest BCUT2D eigenvalue weighted by Crippen LogP contribution is -2.52. The largest absolute Gasteiger partial charge is 0.343 e. The van der Waals surface area contributed by atoms with Gasteiger partial charge < -0.3 is 10.6 Å². The molecule has 0 radical (unpaired) electrons. The van der Waals surface area contributed by atoms with Crippen LogP contribution >= 0.6 is 11.8 Å². The molecule has 2 heterocycles. The van der Waals surface area contributed by atoms with E-state index in [9.17, 15) is 4.79 Å². The first-order chi connectivity index (χ1) is 12.7. The molecule has 2 aliphatic rings. The summed E-state index contributed by atoms with van der Waals surface area (Å²) in [6.45, 7) is 1.06. The van der Waals surface area contributed by atoms with Crippen molar-refractivity contribution in [1.29, 1.82) is 0 Å². The monoisotopic (exact) mass is 367 g/mol. The summed E-state index contributed by atoms with van der Waals surface area (Å²) in [5.74, 6) is 0.688. The maximum atomic E-state index is 13.1. The molecule has 2 aromatic rings. The summed E-state index contributed by atoms with van der Waals surface area (Å²) < 4.78 is 0. The van der Waals surface area contributed by atoms with Gasteiger partial charge in [0.25, 0.3) is 5.91 Å². The van der Waals surface area contributed by atoms with E-state index in [1.807, 2.05) is 24.5 Å². The summed E-state index contributed by atoms with van der Waals surface area (Å²) in [7, 11) is 0. The van der Waals surface area contributed by atoms with Gasteiger partial charge in [0.2, 0.25) is 0 Å². The molecule has 1 amide bonds. The van der Waals surface area contributed by atoms with Gasteiger partial charge in [0.15, 0.2) is 0 Å². The molecule has 1 saturated carbocycles. The van der Waals surface area contributed by atoms with Crippen molar-refractivity contribution in [3.8, 4) is 0 Å². The fraction of sp³-hybridized carbons (Fsp3) is 0.429. The summed E-state index contributed by atoms with van der Waals surface area (Å²) >= 11 is 1.51. The molecule has 1 saturated heterocycles. The van der Waals surface area contributed by atoms with Gasteiger partial charge in [-0.15, -0.1) is 11.8 Å². The second-order valence-electron chi connectivity index (χ2n) is 7.38. The Bertz CT molecular complexity index is 778. The van der Waals surface area contributed by atoms with E-state index < -0.39 is 0 Å². The molecule has 136 valence electrons. The smallest absolute Gasteiger partial charge is 0.254 e. The predicted octanol–water partition coefficient (Wildman–Crippen LogP) is 3.81. The number of rotatable bonds is 5. The molecular formula is C21H25N3OS. The Kier molecular flexibility index (Phi) is 5.00. The summed E-state index contributed by atoms with van der Waals surface area (Å²) in [4.78, 5) is 17.5. The van der Waals surface area contributed by atoms with E-state index in [2.05, 4.69) is 39.9 Å². The van der Waals surface area contributed by atoms with Gasteiger partial charge in [0.05, 0.1) is 11.6 Å². The lowest BCUT2D eigenvalue weighted by molar-refractivity contribution is 0.0889. The third kappa shape index (κ3) is 3.26. The molecular weight excluding hydrogens is 342 g/mol. The second kappa shape index (κ2) is 7.41. The number of amides is 1. The van der Waals surface area contributed by atoms with Crippen LogP contribution in [0.4, 0.5) is 0 Å². The molecule has 4 nitrogen and oxygen atoms in total. The minimum absolute atomic E-state index is 0.0311. The minimum Gasteiger partial charge on any atom is -0.343 e.